The molecule has 2 N–H and O–H groups in total. The maximum atomic E-state index is 12.4. The quantitative estimate of drug-likeness (QED) is 0.753. The number of rotatable bonds is 4. The zero-order valence-electron chi connectivity index (χ0n) is 13.8. The third kappa shape index (κ3) is 3.67. The number of aromatic nitrogens is 2. The molecular formula is C19H21ClN4O. The number of imidazole rings is 1. The van der Waals surface area contributed by atoms with Crippen molar-refractivity contribution in [3.63, 3.8) is 0 Å². The van der Waals surface area contributed by atoms with Crippen LogP contribution in [0.5, 0.6) is 0 Å². The Morgan fingerprint density at radius 2 is 1.92 bits per heavy atom. The number of amides is 1. The van der Waals surface area contributed by atoms with Crippen molar-refractivity contribution in [2.75, 3.05) is 18.4 Å². The average molecular weight is 357 g/mol. The van der Waals surface area contributed by atoms with Crippen LogP contribution in [-0.2, 0) is 4.79 Å². The Labute approximate surface area is 152 Å². The van der Waals surface area contributed by atoms with Gasteiger partial charge in [-0.2, -0.15) is 0 Å². The summed E-state index contributed by atoms with van der Waals surface area (Å²) >= 11 is 0. The van der Waals surface area contributed by atoms with Gasteiger partial charge in [0.2, 0.25) is 11.9 Å². The van der Waals surface area contributed by atoms with E-state index < -0.39 is 0 Å². The number of nitrogens with zero attached hydrogens (tertiary/aromatic N) is 2. The van der Waals surface area contributed by atoms with E-state index in [9.17, 15) is 4.79 Å². The molecule has 6 heteroatoms. The highest BCUT2D eigenvalue weighted by atomic mass is 35.5. The maximum Gasteiger partial charge on any atom is 0.227 e. The van der Waals surface area contributed by atoms with Crippen LogP contribution in [0.1, 0.15) is 12.8 Å². The van der Waals surface area contributed by atoms with Gasteiger partial charge in [0.05, 0.1) is 11.0 Å². The van der Waals surface area contributed by atoms with Crippen molar-refractivity contribution in [1.29, 1.82) is 0 Å². The lowest BCUT2D eigenvalue weighted by atomic mass is 10.1. The van der Waals surface area contributed by atoms with Gasteiger partial charge in [-0.15, -0.1) is 12.4 Å². The van der Waals surface area contributed by atoms with Crippen LogP contribution < -0.4 is 10.6 Å². The summed E-state index contributed by atoms with van der Waals surface area (Å²) in [6, 6.07) is 17.9. The van der Waals surface area contributed by atoms with Crippen molar-refractivity contribution in [2.24, 2.45) is 5.92 Å². The number of nitrogens with one attached hydrogen (secondary N) is 2. The van der Waals surface area contributed by atoms with E-state index in [1.54, 1.807) is 0 Å². The molecule has 1 saturated heterocycles. The summed E-state index contributed by atoms with van der Waals surface area (Å²) in [6.45, 7) is 1.92. The number of hydrogen-bond acceptors (Lipinski definition) is 3. The molecule has 0 bridgehead atoms. The first-order valence-corrected chi connectivity index (χ1v) is 8.35. The van der Waals surface area contributed by atoms with Crippen molar-refractivity contribution < 1.29 is 4.79 Å². The van der Waals surface area contributed by atoms with Gasteiger partial charge in [-0.25, -0.2) is 4.98 Å². The molecular weight excluding hydrogens is 336 g/mol. The fraction of sp³-hybridized carbons (Fsp3) is 0.263. The van der Waals surface area contributed by atoms with Crippen molar-refractivity contribution in [3.05, 3.63) is 54.6 Å². The average Bonchev–Trinajstić information content (AvgIpc) is 3.22. The topological polar surface area (TPSA) is 59.0 Å². The third-order valence-corrected chi connectivity index (χ3v) is 4.46. The SMILES string of the molecule is Cl.O=C(CC1CCNC1)Nc1nc2ccccc2n1-c1ccccc1. The molecule has 25 heavy (non-hydrogen) atoms. The number of benzene rings is 2. The molecule has 4 rings (SSSR count). The Bertz CT molecular complexity index is 856. The van der Waals surface area contributed by atoms with Crippen LogP contribution >= 0.6 is 12.4 Å². The molecule has 2 heterocycles. The van der Waals surface area contributed by atoms with Gasteiger partial charge in [-0.1, -0.05) is 30.3 Å². The first kappa shape index (κ1) is 17.5. The van der Waals surface area contributed by atoms with Gasteiger partial charge >= 0.3 is 0 Å². The molecule has 1 aromatic heterocycles. The Kier molecular flexibility index (Phi) is 5.36. The molecule has 1 aliphatic rings. The number of anilines is 1. The van der Waals surface area contributed by atoms with Crippen LogP contribution in [0.25, 0.3) is 16.7 Å². The second-order valence-corrected chi connectivity index (χ2v) is 6.21. The van der Waals surface area contributed by atoms with Gasteiger partial charge in [0.25, 0.3) is 0 Å². The van der Waals surface area contributed by atoms with E-state index in [1.165, 1.54) is 0 Å². The molecule has 0 spiro atoms. The fourth-order valence-electron chi connectivity index (χ4n) is 3.27. The largest absolute Gasteiger partial charge is 0.316 e. The summed E-state index contributed by atoms with van der Waals surface area (Å²) in [7, 11) is 0. The Morgan fingerprint density at radius 1 is 1.16 bits per heavy atom. The molecule has 3 aromatic rings. The minimum absolute atomic E-state index is 0. The normalized spacial score (nSPS) is 16.6. The minimum atomic E-state index is 0. The summed E-state index contributed by atoms with van der Waals surface area (Å²) in [4.78, 5) is 17.1. The molecule has 2 aromatic carbocycles. The summed E-state index contributed by atoms with van der Waals surface area (Å²) < 4.78 is 2.00. The van der Waals surface area contributed by atoms with Crippen molar-refractivity contribution in [2.45, 2.75) is 12.8 Å². The number of para-hydroxylation sites is 3. The van der Waals surface area contributed by atoms with Crippen molar-refractivity contribution in [3.8, 4) is 5.69 Å². The fourth-order valence-corrected chi connectivity index (χ4v) is 3.27. The van der Waals surface area contributed by atoms with E-state index in [2.05, 4.69) is 15.6 Å². The zero-order valence-corrected chi connectivity index (χ0v) is 14.6. The van der Waals surface area contributed by atoms with Gasteiger partial charge in [0.1, 0.15) is 0 Å². The standard InChI is InChI=1S/C19H20N4O.ClH/c24-18(12-14-10-11-20-13-14)22-19-21-16-8-4-5-9-17(16)23(19)15-6-2-1-3-7-15;/h1-9,14,20H,10-13H2,(H,21,22,24);1H. The molecule has 0 saturated carbocycles. The molecule has 1 amide bonds. The second kappa shape index (κ2) is 7.68. The van der Waals surface area contributed by atoms with Crippen molar-refractivity contribution >= 4 is 35.3 Å². The molecule has 1 aliphatic heterocycles. The van der Waals surface area contributed by atoms with E-state index in [4.69, 9.17) is 0 Å². The van der Waals surface area contributed by atoms with E-state index >= 15 is 0 Å². The predicted octanol–water partition coefficient (Wildman–Crippen LogP) is 3.39. The monoisotopic (exact) mass is 356 g/mol. The van der Waals surface area contributed by atoms with E-state index in [0.717, 1.165) is 36.2 Å². The number of fused-ring (bicyclic) bond motifs is 1. The summed E-state index contributed by atoms with van der Waals surface area (Å²) in [6.07, 6.45) is 1.59. The molecule has 0 radical (unpaired) electrons. The molecule has 1 fully saturated rings. The minimum Gasteiger partial charge on any atom is -0.316 e. The molecule has 0 aliphatic carbocycles. The van der Waals surface area contributed by atoms with E-state index in [-0.39, 0.29) is 18.3 Å². The van der Waals surface area contributed by atoms with Gasteiger partial charge < -0.3 is 5.32 Å². The number of hydrogen-bond donors (Lipinski definition) is 2. The second-order valence-electron chi connectivity index (χ2n) is 6.21. The van der Waals surface area contributed by atoms with Crippen LogP contribution in [0.2, 0.25) is 0 Å². The first-order chi connectivity index (χ1) is 11.8. The van der Waals surface area contributed by atoms with Crippen LogP contribution in [0, 0.1) is 5.92 Å². The zero-order chi connectivity index (χ0) is 16.4. The molecule has 130 valence electrons. The lowest BCUT2D eigenvalue weighted by Crippen LogP contribution is -2.20. The lowest BCUT2D eigenvalue weighted by molar-refractivity contribution is -0.117. The predicted molar refractivity (Wildman–Crippen MR) is 103 cm³/mol. The first-order valence-electron chi connectivity index (χ1n) is 8.35. The van der Waals surface area contributed by atoms with Gasteiger partial charge in [-0.05, 0) is 49.7 Å². The number of carbonyl (C=O) groups is 1. The van der Waals surface area contributed by atoms with Crippen LogP contribution in [0.4, 0.5) is 5.95 Å². The van der Waals surface area contributed by atoms with Gasteiger partial charge in [0.15, 0.2) is 0 Å². The van der Waals surface area contributed by atoms with E-state index in [1.807, 2.05) is 59.2 Å². The third-order valence-electron chi connectivity index (χ3n) is 4.46. The lowest BCUT2D eigenvalue weighted by Gasteiger charge is -2.11. The van der Waals surface area contributed by atoms with Crippen LogP contribution in [0.3, 0.4) is 0 Å². The number of halogens is 1. The molecule has 1 unspecified atom stereocenters. The Morgan fingerprint density at radius 3 is 2.68 bits per heavy atom. The molecule has 1 atom stereocenters. The van der Waals surface area contributed by atoms with Gasteiger partial charge in [-0.3, -0.25) is 14.7 Å². The van der Waals surface area contributed by atoms with Crippen LogP contribution in [-0.4, -0.2) is 28.5 Å². The van der Waals surface area contributed by atoms with E-state index in [0.29, 0.717) is 18.3 Å². The number of carbonyl (C=O) groups excluding carboxylic acids is 1. The summed E-state index contributed by atoms with van der Waals surface area (Å²) in [5.74, 6) is 1.02. The summed E-state index contributed by atoms with van der Waals surface area (Å²) in [5.41, 5.74) is 2.85. The highest BCUT2D eigenvalue weighted by molar-refractivity contribution is 5.92. The highest BCUT2D eigenvalue weighted by Gasteiger charge is 2.20. The highest BCUT2D eigenvalue weighted by Crippen LogP contribution is 2.25. The summed E-state index contributed by atoms with van der Waals surface area (Å²) in [5, 5.41) is 6.31. The van der Waals surface area contributed by atoms with Crippen molar-refractivity contribution in [1.82, 2.24) is 14.9 Å². The van der Waals surface area contributed by atoms with Crippen LogP contribution in [0.15, 0.2) is 54.6 Å². The van der Waals surface area contributed by atoms with Gasteiger partial charge in [0, 0.05) is 12.1 Å². The smallest absolute Gasteiger partial charge is 0.227 e. The maximum absolute atomic E-state index is 12.4. The Balaban J connectivity index is 0.00000182. The molecule has 5 nitrogen and oxygen atoms in total. The Hall–Kier alpha value is -2.37.